The van der Waals surface area contributed by atoms with E-state index in [1.807, 2.05) is 12.1 Å². The van der Waals surface area contributed by atoms with Gasteiger partial charge in [0.1, 0.15) is 0 Å². The van der Waals surface area contributed by atoms with Crippen molar-refractivity contribution in [2.24, 2.45) is 0 Å². The molecule has 0 unspecified atom stereocenters. The molecule has 0 bridgehead atoms. The van der Waals surface area contributed by atoms with Gasteiger partial charge in [0.15, 0.2) is 0 Å². The average molecular weight is 258 g/mol. The highest BCUT2D eigenvalue weighted by atomic mass is 32.1. The Morgan fingerprint density at radius 2 is 2.00 bits per heavy atom. The molecule has 0 heterocycles. The van der Waals surface area contributed by atoms with Crippen molar-refractivity contribution in [1.29, 1.82) is 0 Å². The van der Waals surface area contributed by atoms with E-state index < -0.39 is 0 Å². The van der Waals surface area contributed by atoms with Gasteiger partial charge in [-0.15, -0.1) is 0 Å². The van der Waals surface area contributed by atoms with E-state index in [-0.39, 0.29) is 5.91 Å². The molecule has 0 aliphatic rings. The van der Waals surface area contributed by atoms with Crippen LogP contribution in [0.4, 0.5) is 11.4 Å². The van der Waals surface area contributed by atoms with Crippen LogP contribution in [0.3, 0.4) is 0 Å². The maximum absolute atomic E-state index is 11.9. The van der Waals surface area contributed by atoms with Gasteiger partial charge in [-0.2, -0.15) is 0 Å². The van der Waals surface area contributed by atoms with Crippen molar-refractivity contribution in [3.63, 3.8) is 0 Å². The van der Waals surface area contributed by atoms with E-state index in [0.717, 1.165) is 5.69 Å². The molecule has 0 radical (unpaired) electrons. The lowest BCUT2D eigenvalue weighted by Gasteiger charge is -2.07. The molecule has 1 aromatic rings. The number of hydrogen-bond donors (Lipinski definition) is 2. The maximum atomic E-state index is 11.9. The first kappa shape index (κ1) is 13.9. The highest BCUT2D eigenvalue weighted by Crippen LogP contribution is 2.15. The van der Waals surface area contributed by atoms with Crippen molar-refractivity contribution in [2.75, 3.05) is 10.6 Å². The summed E-state index contributed by atoms with van der Waals surface area (Å²) in [7, 11) is 0. The minimum atomic E-state index is -0.232. The summed E-state index contributed by atoms with van der Waals surface area (Å²) in [4.78, 5) is 11.9. The van der Waals surface area contributed by atoms with Crippen molar-refractivity contribution in [3.8, 4) is 0 Å². The molecule has 0 atom stereocenters. The number of rotatable bonds is 6. The lowest BCUT2D eigenvalue weighted by atomic mass is 10.2. The average Bonchev–Trinajstić information content (AvgIpc) is 2.36. The number of anilines is 2. The van der Waals surface area contributed by atoms with Gasteiger partial charge >= 0.3 is 0 Å². The summed E-state index contributed by atoms with van der Waals surface area (Å²) in [6.07, 6.45) is 4.62. The van der Waals surface area contributed by atoms with Gasteiger partial charge in [0.2, 0.25) is 0 Å². The molecule has 18 heavy (non-hydrogen) atoms. The third kappa shape index (κ3) is 3.99. The smallest absolute Gasteiger partial charge is 0.255 e. The second-order valence-electron chi connectivity index (χ2n) is 3.36. The Kier molecular flexibility index (Phi) is 5.54. The zero-order chi connectivity index (χ0) is 13.4. The summed E-state index contributed by atoms with van der Waals surface area (Å²) in [5, 5.41) is 5.64. The summed E-state index contributed by atoms with van der Waals surface area (Å²) in [6.45, 7) is 7.13. The predicted octanol–water partition coefficient (Wildman–Crippen LogP) is 3.29. The Balaban J connectivity index is 2.84. The molecule has 0 aliphatic carbocycles. The van der Waals surface area contributed by atoms with Crippen molar-refractivity contribution in [2.45, 2.75) is 0 Å². The van der Waals surface area contributed by atoms with Crippen LogP contribution in [0.1, 0.15) is 0 Å². The number of amides is 1. The molecule has 2 N–H and O–H groups in total. The molecule has 0 spiro atoms. The predicted molar refractivity (Wildman–Crippen MR) is 80.8 cm³/mol. The molecule has 1 aromatic carbocycles. The number of carbonyl (C=O) groups excluding carboxylic acids is 1. The Labute approximate surface area is 112 Å². The van der Waals surface area contributed by atoms with Crippen LogP contribution < -0.4 is 10.6 Å². The second kappa shape index (κ2) is 7.19. The summed E-state index contributed by atoms with van der Waals surface area (Å²) < 4.78 is 0. The lowest BCUT2D eigenvalue weighted by molar-refractivity contribution is -0.112. The maximum Gasteiger partial charge on any atom is 0.255 e. The monoisotopic (exact) mass is 258 g/mol. The van der Waals surface area contributed by atoms with Crippen LogP contribution in [-0.4, -0.2) is 11.4 Å². The minimum Gasteiger partial charge on any atom is -0.353 e. The van der Waals surface area contributed by atoms with Gasteiger partial charge in [-0.3, -0.25) is 4.79 Å². The fourth-order valence-electron chi connectivity index (χ4n) is 1.32. The molecule has 0 fully saturated rings. The van der Waals surface area contributed by atoms with Crippen molar-refractivity contribution in [1.82, 2.24) is 0 Å². The fourth-order valence-corrected chi connectivity index (χ4v) is 1.46. The van der Waals surface area contributed by atoms with Crippen LogP contribution in [0.15, 0.2) is 61.2 Å². The largest absolute Gasteiger partial charge is 0.353 e. The van der Waals surface area contributed by atoms with Crippen molar-refractivity contribution in [3.05, 3.63) is 61.2 Å². The van der Waals surface area contributed by atoms with E-state index in [4.69, 9.17) is 12.2 Å². The summed E-state index contributed by atoms with van der Waals surface area (Å²) >= 11 is 4.70. The number of allylic oxidation sites excluding steroid dienone is 2. The van der Waals surface area contributed by atoms with Crippen molar-refractivity contribution < 1.29 is 4.79 Å². The van der Waals surface area contributed by atoms with E-state index in [2.05, 4.69) is 23.8 Å². The van der Waals surface area contributed by atoms with Gasteiger partial charge in [0.05, 0.1) is 5.49 Å². The molecule has 1 amide bonds. The molecule has 3 nitrogen and oxygen atoms in total. The van der Waals surface area contributed by atoms with E-state index in [9.17, 15) is 4.79 Å². The Hall–Kier alpha value is -2.20. The number of thiocarbonyl (C=S) groups is 1. The Bertz CT molecular complexity index is 506. The van der Waals surface area contributed by atoms with Crippen LogP contribution >= 0.6 is 12.2 Å². The van der Waals surface area contributed by atoms with Gasteiger partial charge in [0.25, 0.3) is 5.91 Å². The molecule has 1 rings (SSSR count). The molecule has 0 saturated heterocycles. The standard InChI is InChI=1S/C14H14N2OS/c1-3-6-11(4-2)14(17)16-13-8-5-7-12(9-13)15-10-18/h3-10H,1-2H2,(H,15,18)(H,16,17)/b11-6+. The van der Waals surface area contributed by atoms with Gasteiger partial charge in [-0.05, 0) is 18.2 Å². The van der Waals surface area contributed by atoms with Crippen LogP contribution in [0.2, 0.25) is 0 Å². The van der Waals surface area contributed by atoms with Gasteiger partial charge in [-0.1, -0.05) is 49.7 Å². The zero-order valence-electron chi connectivity index (χ0n) is 9.85. The lowest BCUT2D eigenvalue weighted by Crippen LogP contribution is -2.13. The summed E-state index contributed by atoms with van der Waals surface area (Å²) in [6, 6.07) is 7.25. The van der Waals surface area contributed by atoms with E-state index in [0.29, 0.717) is 11.3 Å². The van der Waals surface area contributed by atoms with E-state index in [1.54, 1.807) is 24.3 Å². The van der Waals surface area contributed by atoms with Gasteiger partial charge < -0.3 is 10.6 Å². The van der Waals surface area contributed by atoms with Crippen LogP contribution in [-0.2, 0) is 4.79 Å². The molecule has 4 heteroatoms. The normalized spacial score (nSPS) is 10.3. The van der Waals surface area contributed by atoms with Crippen LogP contribution in [0, 0.1) is 0 Å². The third-order valence-corrected chi connectivity index (χ3v) is 2.24. The summed E-state index contributed by atoms with van der Waals surface area (Å²) in [5.41, 5.74) is 3.36. The van der Waals surface area contributed by atoms with Gasteiger partial charge in [-0.25, -0.2) is 0 Å². The first-order valence-electron chi connectivity index (χ1n) is 5.28. The van der Waals surface area contributed by atoms with Gasteiger partial charge in [0, 0.05) is 16.9 Å². The molecule has 0 saturated carbocycles. The molecular formula is C14H14N2OS. The highest BCUT2D eigenvalue weighted by Gasteiger charge is 2.05. The number of carbonyl (C=O) groups is 1. The van der Waals surface area contributed by atoms with E-state index >= 15 is 0 Å². The SMILES string of the molecule is C=C/C=C(\C=C)C(=O)Nc1cccc(NC=S)c1. The zero-order valence-corrected chi connectivity index (χ0v) is 10.7. The second-order valence-corrected chi connectivity index (χ2v) is 3.59. The fraction of sp³-hybridized carbons (Fsp3) is 0. The number of nitrogens with one attached hydrogen (secondary N) is 2. The number of hydrogen-bond acceptors (Lipinski definition) is 2. The molecule has 0 aliphatic heterocycles. The quantitative estimate of drug-likeness (QED) is 0.467. The first-order chi connectivity index (χ1) is 8.71. The Morgan fingerprint density at radius 3 is 2.61 bits per heavy atom. The first-order valence-corrected chi connectivity index (χ1v) is 5.75. The van der Waals surface area contributed by atoms with Crippen LogP contribution in [0.25, 0.3) is 0 Å². The third-order valence-electron chi connectivity index (χ3n) is 2.13. The number of benzene rings is 1. The molecule has 92 valence electrons. The Morgan fingerprint density at radius 1 is 1.28 bits per heavy atom. The molecular weight excluding hydrogens is 244 g/mol. The minimum absolute atomic E-state index is 0.232. The highest BCUT2D eigenvalue weighted by molar-refractivity contribution is 7.79. The van der Waals surface area contributed by atoms with E-state index in [1.165, 1.54) is 11.6 Å². The topological polar surface area (TPSA) is 41.1 Å². The summed E-state index contributed by atoms with van der Waals surface area (Å²) in [5.74, 6) is -0.232. The molecule has 0 aromatic heterocycles. The van der Waals surface area contributed by atoms with Crippen molar-refractivity contribution >= 4 is 35.0 Å². The van der Waals surface area contributed by atoms with Crippen LogP contribution in [0.5, 0.6) is 0 Å².